The zero-order valence-electron chi connectivity index (χ0n) is 61.4. The third-order valence-corrected chi connectivity index (χ3v) is 17.6. The van der Waals surface area contributed by atoms with Gasteiger partial charge in [0, 0.05) is 6.42 Å². The van der Waals surface area contributed by atoms with Crippen LogP contribution >= 0.6 is 0 Å². The Bertz CT molecular complexity index is 2320. The Kier molecular flexibility index (Phi) is 60.8. The largest absolute Gasteiger partial charge is 0.394 e. The zero-order chi connectivity index (χ0) is 71.5. The number of hydrogen-bond donors (Lipinski definition) is 9. The molecule has 0 bridgehead atoms. The second-order valence-electron chi connectivity index (χ2n) is 26.4. The quantitative estimate of drug-likeness (QED) is 0.0204. The summed E-state index contributed by atoms with van der Waals surface area (Å²) >= 11 is 0. The Morgan fingerprint density at radius 1 is 0.374 bits per heavy atom. The third-order valence-electron chi connectivity index (χ3n) is 17.6. The Morgan fingerprint density at radius 3 is 1.11 bits per heavy atom. The van der Waals surface area contributed by atoms with Crippen molar-refractivity contribution < 1.29 is 64.6 Å². The van der Waals surface area contributed by atoms with Crippen molar-refractivity contribution in [3.63, 3.8) is 0 Å². The molecule has 2 fully saturated rings. The van der Waals surface area contributed by atoms with Gasteiger partial charge in [0.15, 0.2) is 12.6 Å². The number of carbonyl (C=O) groups excluding carboxylic acids is 1. The Balaban J connectivity index is 1.69. The number of carbonyl (C=O) groups is 1. The summed E-state index contributed by atoms with van der Waals surface area (Å²) in [6.07, 6.45) is 87.1. The van der Waals surface area contributed by atoms with Gasteiger partial charge in [0.25, 0.3) is 0 Å². The van der Waals surface area contributed by atoms with E-state index < -0.39 is 86.8 Å². The van der Waals surface area contributed by atoms with Crippen LogP contribution in [0.4, 0.5) is 0 Å². The van der Waals surface area contributed by atoms with Crippen LogP contribution in [0, 0.1) is 0 Å². The fourth-order valence-electron chi connectivity index (χ4n) is 11.5. The van der Waals surface area contributed by atoms with Crippen molar-refractivity contribution in [3.05, 3.63) is 170 Å². The first-order valence-corrected chi connectivity index (χ1v) is 38.9. The van der Waals surface area contributed by atoms with E-state index in [4.69, 9.17) is 18.9 Å². The second kappa shape index (κ2) is 66.6. The van der Waals surface area contributed by atoms with Crippen LogP contribution in [0.2, 0.25) is 0 Å². The number of amides is 1. The van der Waals surface area contributed by atoms with E-state index in [-0.39, 0.29) is 18.9 Å². The van der Waals surface area contributed by atoms with Gasteiger partial charge >= 0.3 is 0 Å². The minimum absolute atomic E-state index is 0.207. The molecule has 12 unspecified atom stereocenters. The van der Waals surface area contributed by atoms with Gasteiger partial charge in [-0.25, -0.2) is 0 Å². The first-order chi connectivity index (χ1) is 48.6. The predicted molar refractivity (Wildman–Crippen MR) is 410 cm³/mol. The first-order valence-electron chi connectivity index (χ1n) is 38.9. The number of aliphatic hydroxyl groups excluding tert-OH is 8. The van der Waals surface area contributed by atoms with Crippen molar-refractivity contribution in [1.82, 2.24) is 5.32 Å². The molecule has 0 aliphatic carbocycles. The molecule has 2 heterocycles. The lowest BCUT2D eigenvalue weighted by molar-refractivity contribution is -0.359. The molecule has 14 heteroatoms. The predicted octanol–water partition coefficient (Wildman–Crippen LogP) is 17.5. The second-order valence-corrected chi connectivity index (χ2v) is 26.4. The molecule has 9 N–H and O–H groups in total. The van der Waals surface area contributed by atoms with E-state index in [9.17, 15) is 45.6 Å². The normalized spacial score (nSPS) is 22.9. The van der Waals surface area contributed by atoms with E-state index in [0.717, 1.165) is 103 Å². The molecule has 0 aromatic rings. The molecule has 562 valence electrons. The number of unbranched alkanes of at least 4 members (excludes halogenated alkanes) is 23. The van der Waals surface area contributed by atoms with E-state index in [1.807, 2.05) is 6.08 Å². The number of rotatable bonds is 62. The molecular weight excluding hydrogens is 1240 g/mol. The van der Waals surface area contributed by atoms with Crippen molar-refractivity contribution in [2.75, 3.05) is 19.8 Å². The molecule has 0 radical (unpaired) electrons. The van der Waals surface area contributed by atoms with Crippen LogP contribution in [0.25, 0.3) is 0 Å². The van der Waals surface area contributed by atoms with Crippen molar-refractivity contribution in [2.24, 2.45) is 0 Å². The SMILES string of the molecule is CC/C=C\C/C=C\C/C=C\C/C=C\C/C=C\C/C=C\C/C=C\C/C=C\C/C=C\C/C=C\C/C=C\C/C=C\CCCCC(=O)NC(COC1OC(CO)C(OC2OC(CO)C(O)C(O)C2O)C(O)C1O)C(O)/C=C/CC/C=C/CCCCCCCCCCCCCCCCCCCCCC. The van der Waals surface area contributed by atoms with Crippen LogP contribution in [0.15, 0.2) is 170 Å². The summed E-state index contributed by atoms with van der Waals surface area (Å²) in [4.78, 5) is 13.3. The van der Waals surface area contributed by atoms with Crippen LogP contribution in [0.5, 0.6) is 0 Å². The number of aliphatic hydroxyl groups is 8. The minimum atomic E-state index is -1.81. The molecule has 99 heavy (non-hydrogen) atoms. The third kappa shape index (κ3) is 49.6. The Hall–Kier alpha value is -4.65. The fourth-order valence-corrected chi connectivity index (χ4v) is 11.5. The molecule has 0 saturated carbocycles. The maximum Gasteiger partial charge on any atom is 0.220 e. The highest BCUT2D eigenvalue weighted by Crippen LogP contribution is 2.30. The molecule has 12 atom stereocenters. The smallest absolute Gasteiger partial charge is 0.220 e. The minimum Gasteiger partial charge on any atom is -0.394 e. The van der Waals surface area contributed by atoms with Gasteiger partial charge < -0.3 is 65.1 Å². The summed E-state index contributed by atoms with van der Waals surface area (Å²) in [5.41, 5.74) is 0. The number of allylic oxidation sites excluding steroid dienone is 27. The van der Waals surface area contributed by atoms with Gasteiger partial charge in [-0.2, -0.15) is 0 Å². The molecule has 2 aliphatic rings. The van der Waals surface area contributed by atoms with Crippen LogP contribution in [-0.4, -0.2) is 140 Å². The highest BCUT2D eigenvalue weighted by Gasteiger charge is 2.51. The van der Waals surface area contributed by atoms with Crippen LogP contribution in [0.1, 0.15) is 264 Å². The molecule has 2 aliphatic heterocycles. The Labute approximate surface area is 600 Å². The summed E-state index contributed by atoms with van der Waals surface area (Å²) < 4.78 is 22.8. The molecule has 14 nitrogen and oxygen atoms in total. The average molecular weight is 1380 g/mol. The van der Waals surface area contributed by atoms with Gasteiger partial charge in [0.1, 0.15) is 48.8 Å². The van der Waals surface area contributed by atoms with Gasteiger partial charge in [-0.3, -0.25) is 4.79 Å². The molecule has 0 spiro atoms. The maximum atomic E-state index is 13.3. The summed E-state index contributed by atoms with van der Waals surface area (Å²) in [6, 6.07) is -0.970. The highest BCUT2D eigenvalue weighted by molar-refractivity contribution is 5.76. The maximum absolute atomic E-state index is 13.3. The van der Waals surface area contributed by atoms with E-state index >= 15 is 0 Å². The van der Waals surface area contributed by atoms with Crippen molar-refractivity contribution in [2.45, 2.75) is 338 Å². The molecule has 0 aromatic carbocycles. The lowest BCUT2D eigenvalue weighted by atomic mass is 9.97. The first kappa shape index (κ1) is 90.4. The van der Waals surface area contributed by atoms with Crippen LogP contribution in [-0.2, 0) is 23.7 Å². The average Bonchev–Trinajstić information content (AvgIpc) is 0.794. The van der Waals surface area contributed by atoms with Crippen LogP contribution < -0.4 is 5.32 Å². The van der Waals surface area contributed by atoms with Crippen LogP contribution in [0.3, 0.4) is 0 Å². The highest BCUT2D eigenvalue weighted by atomic mass is 16.7. The van der Waals surface area contributed by atoms with Crippen molar-refractivity contribution >= 4 is 5.91 Å². The number of nitrogens with one attached hydrogen (secondary N) is 1. The molecule has 1 amide bonds. The molecule has 0 aromatic heterocycles. The van der Waals surface area contributed by atoms with Gasteiger partial charge in [-0.05, 0) is 122 Å². The topological polar surface area (TPSA) is 228 Å². The van der Waals surface area contributed by atoms with E-state index in [0.29, 0.717) is 12.8 Å². The molecule has 2 saturated heterocycles. The Morgan fingerprint density at radius 2 is 0.707 bits per heavy atom. The lowest BCUT2D eigenvalue weighted by Gasteiger charge is -2.46. The number of ether oxygens (including phenoxy) is 4. The van der Waals surface area contributed by atoms with Crippen molar-refractivity contribution in [1.29, 1.82) is 0 Å². The summed E-state index contributed by atoms with van der Waals surface area (Å²) in [6.45, 7) is 2.65. The van der Waals surface area contributed by atoms with Gasteiger partial charge in [-0.1, -0.05) is 306 Å². The lowest BCUT2D eigenvalue weighted by Crippen LogP contribution is -2.65. The van der Waals surface area contributed by atoms with E-state index in [1.54, 1.807) is 6.08 Å². The standard InChI is InChI=1S/C85H139NO13/c1-3-5-7-9-11-13-15-17-19-21-23-25-27-29-31-32-33-34-35-36-37-38-39-40-41-42-43-45-47-49-51-53-55-57-59-61-63-65-67-69-77(90)86-73(72-96-84-82(95)80(93)83(76(71-88)98-84)99-85-81(94)79(92)78(91)75(70-87)97-85)74(89)68-66-64-62-60-58-56-54-52-50-48-46-44-30-28-26-24-22-20-18-16-14-12-10-8-6-4-2/h5,7,11,13,17,19,23,25,29,31,33-34,36-37,39-40,42-43,47,49,53,55,58-61,66,68,73-76,78-85,87-89,91-95H,3-4,6,8-10,12,14-16,18,20-22,24,26-28,30,32,35,38,41,44-46,48,50-52,54,56-57,62-65,67,69-72H2,1-2H3,(H,86,90)/b7-5-,13-11-,19-17-,25-23-,31-29-,34-33-,37-36-,40-39-,43-42-,49-47-,55-53-,60-58+,61-59-,68-66+. The zero-order valence-corrected chi connectivity index (χ0v) is 61.4. The summed E-state index contributed by atoms with van der Waals surface area (Å²) in [5, 5.41) is 87.5. The van der Waals surface area contributed by atoms with Gasteiger partial charge in [0.2, 0.25) is 5.91 Å². The monoisotopic (exact) mass is 1380 g/mol. The van der Waals surface area contributed by atoms with E-state index in [1.165, 1.54) is 128 Å². The van der Waals surface area contributed by atoms with Gasteiger partial charge in [-0.15, -0.1) is 0 Å². The fraction of sp³-hybridized carbons (Fsp3) is 0.659. The molecular formula is C85H139NO13. The summed E-state index contributed by atoms with van der Waals surface area (Å²) in [5.74, 6) is -0.296. The number of hydrogen-bond acceptors (Lipinski definition) is 13. The van der Waals surface area contributed by atoms with Gasteiger partial charge in [0.05, 0.1) is 32.0 Å². The summed E-state index contributed by atoms with van der Waals surface area (Å²) in [7, 11) is 0. The van der Waals surface area contributed by atoms with Crippen molar-refractivity contribution in [3.8, 4) is 0 Å². The van der Waals surface area contributed by atoms with E-state index in [2.05, 4.69) is 177 Å². The molecule has 2 rings (SSSR count).